The van der Waals surface area contributed by atoms with E-state index in [1.54, 1.807) is 6.26 Å². The van der Waals surface area contributed by atoms with Crippen LogP contribution in [0.15, 0.2) is 41.0 Å². The molecule has 1 aliphatic heterocycles. The van der Waals surface area contributed by atoms with Crippen molar-refractivity contribution in [2.75, 3.05) is 13.1 Å². The summed E-state index contributed by atoms with van der Waals surface area (Å²) < 4.78 is 5.58. The Morgan fingerprint density at radius 3 is 2.95 bits per heavy atom. The second-order valence-electron chi connectivity index (χ2n) is 5.89. The van der Waals surface area contributed by atoms with Crippen LogP contribution in [0.1, 0.15) is 25.5 Å². The Labute approximate surface area is 125 Å². The molecule has 1 N–H and O–H groups in total. The highest BCUT2D eigenvalue weighted by Crippen LogP contribution is 2.23. The maximum Gasteiger partial charge on any atom is 0.226 e. The smallest absolute Gasteiger partial charge is 0.226 e. The predicted molar refractivity (Wildman–Crippen MR) is 81.6 cm³/mol. The Morgan fingerprint density at radius 2 is 2.19 bits per heavy atom. The van der Waals surface area contributed by atoms with Crippen molar-refractivity contribution in [2.24, 2.45) is 5.92 Å². The van der Waals surface area contributed by atoms with Crippen molar-refractivity contribution in [1.29, 1.82) is 0 Å². The Balaban J connectivity index is 1.65. The quantitative estimate of drug-likeness (QED) is 0.939. The van der Waals surface area contributed by atoms with Gasteiger partial charge in [-0.05, 0) is 44.4 Å². The molecule has 1 saturated heterocycles. The van der Waals surface area contributed by atoms with Gasteiger partial charge in [0.15, 0.2) is 0 Å². The first-order chi connectivity index (χ1) is 10.2. The maximum atomic E-state index is 9.75. The first-order valence-corrected chi connectivity index (χ1v) is 7.62. The summed E-state index contributed by atoms with van der Waals surface area (Å²) in [5, 5.41) is 9.75. The fourth-order valence-corrected chi connectivity index (χ4v) is 2.95. The highest BCUT2D eigenvalue weighted by molar-refractivity contribution is 5.52. The van der Waals surface area contributed by atoms with Crippen LogP contribution in [-0.4, -0.2) is 34.2 Å². The summed E-state index contributed by atoms with van der Waals surface area (Å²) in [6.07, 6.45) is 3.76. The van der Waals surface area contributed by atoms with Gasteiger partial charge in [0.05, 0.1) is 11.8 Å². The fraction of sp³-hybridized carbons (Fsp3) is 0.471. The highest BCUT2D eigenvalue weighted by atomic mass is 16.3. The predicted octanol–water partition coefficient (Wildman–Crippen LogP) is 2.93. The van der Waals surface area contributed by atoms with Gasteiger partial charge in [0.1, 0.15) is 6.26 Å². The molecular weight excluding hydrogens is 264 g/mol. The van der Waals surface area contributed by atoms with Crippen molar-refractivity contribution in [3.63, 3.8) is 0 Å². The summed E-state index contributed by atoms with van der Waals surface area (Å²) in [7, 11) is 0. The van der Waals surface area contributed by atoms with Crippen LogP contribution < -0.4 is 0 Å². The normalized spacial score (nSPS) is 21.3. The minimum Gasteiger partial charge on any atom is -0.444 e. The standard InChI is InChI=1S/C17H22N2O2/c1-13(20)15-8-5-9-19(10-15)11-16-12-21-17(18-16)14-6-3-2-4-7-14/h2-4,6-7,12-13,15,20H,5,8-11H2,1H3. The van der Waals surface area contributed by atoms with Gasteiger partial charge in [-0.3, -0.25) is 4.90 Å². The first kappa shape index (κ1) is 14.3. The first-order valence-electron chi connectivity index (χ1n) is 7.62. The van der Waals surface area contributed by atoms with Gasteiger partial charge < -0.3 is 9.52 Å². The number of piperidine rings is 1. The number of nitrogens with zero attached hydrogens (tertiary/aromatic N) is 2. The molecule has 1 aromatic heterocycles. The summed E-state index contributed by atoms with van der Waals surface area (Å²) in [5.74, 6) is 1.05. The zero-order chi connectivity index (χ0) is 14.7. The molecule has 1 aliphatic rings. The van der Waals surface area contributed by atoms with E-state index in [9.17, 15) is 5.11 Å². The fourth-order valence-electron chi connectivity index (χ4n) is 2.95. The Kier molecular flexibility index (Phi) is 4.36. The molecule has 2 unspecified atom stereocenters. The summed E-state index contributed by atoms with van der Waals surface area (Å²) in [6, 6.07) is 9.95. The van der Waals surface area contributed by atoms with E-state index in [0.29, 0.717) is 11.8 Å². The number of aliphatic hydroxyl groups excluding tert-OH is 1. The number of likely N-dealkylation sites (tertiary alicyclic amines) is 1. The summed E-state index contributed by atoms with van der Waals surface area (Å²) >= 11 is 0. The van der Waals surface area contributed by atoms with Gasteiger partial charge in [-0.2, -0.15) is 0 Å². The summed E-state index contributed by atoms with van der Waals surface area (Å²) in [6.45, 7) is 4.68. The minimum atomic E-state index is -0.231. The van der Waals surface area contributed by atoms with Gasteiger partial charge in [-0.15, -0.1) is 0 Å². The highest BCUT2D eigenvalue weighted by Gasteiger charge is 2.24. The third-order valence-corrected chi connectivity index (χ3v) is 4.18. The largest absolute Gasteiger partial charge is 0.444 e. The van der Waals surface area contributed by atoms with Gasteiger partial charge in [0, 0.05) is 18.7 Å². The van der Waals surface area contributed by atoms with Gasteiger partial charge in [-0.1, -0.05) is 18.2 Å². The van der Waals surface area contributed by atoms with Crippen LogP contribution in [0, 0.1) is 5.92 Å². The van der Waals surface area contributed by atoms with Crippen LogP contribution in [0.25, 0.3) is 11.5 Å². The van der Waals surface area contributed by atoms with Crippen molar-refractivity contribution >= 4 is 0 Å². The van der Waals surface area contributed by atoms with Crippen LogP contribution in [-0.2, 0) is 6.54 Å². The third-order valence-electron chi connectivity index (χ3n) is 4.18. The molecule has 4 nitrogen and oxygen atoms in total. The number of aliphatic hydroxyl groups is 1. The van der Waals surface area contributed by atoms with Crippen LogP contribution >= 0.6 is 0 Å². The Hall–Kier alpha value is -1.65. The topological polar surface area (TPSA) is 49.5 Å². The Morgan fingerprint density at radius 1 is 1.38 bits per heavy atom. The lowest BCUT2D eigenvalue weighted by Crippen LogP contribution is -2.39. The van der Waals surface area contributed by atoms with Crippen molar-refractivity contribution in [1.82, 2.24) is 9.88 Å². The molecule has 112 valence electrons. The van der Waals surface area contributed by atoms with E-state index in [4.69, 9.17) is 4.42 Å². The molecule has 0 amide bonds. The number of oxazole rings is 1. The summed E-state index contributed by atoms with van der Waals surface area (Å²) in [4.78, 5) is 6.93. The molecule has 2 aromatic rings. The van der Waals surface area contributed by atoms with E-state index in [1.807, 2.05) is 37.3 Å². The minimum absolute atomic E-state index is 0.231. The summed E-state index contributed by atoms with van der Waals surface area (Å²) in [5.41, 5.74) is 1.96. The monoisotopic (exact) mass is 286 g/mol. The van der Waals surface area contributed by atoms with Crippen LogP contribution in [0.2, 0.25) is 0 Å². The van der Waals surface area contributed by atoms with Crippen LogP contribution in [0.5, 0.6) is 0 Å². The van der Waals surface area contributed by atoms with E-state index in [1.165, 1.54) is 0 Å². The molecule has 1 aromatic carbocycles. The lowest BCUT2D eigenvalue weighted by molar-refractivity contribution is 0.0594. The number of benzene rings is 1. The SMILES string of the molecule is CC(O)C1CCCN(Cc2coc(-c3ccccc3)n2)C1. The van der Waals surface area contributed by atoms with Gasteiger partial charge in [-0.25, -0.2) is 4.98 Å². The zero-order valence-corrected chi connectivity index (χ0v) is 12.4. The van der Waals surface area contributed by atoms with Crippen molar-refractivity contribution in [3.05, 3.63) is 42.3 Å². The molecule has 2 heterocycles. The molecular formula is C17H22N2O2. The maximum absolute atomic E-state index is 9.75. The van der Waals surface area contributed by atoms with Crippen LogP contribution in [0.4, 0.5) is 0 Å². The molecule has 0 bridgehead atoms. The Bertz CT molecular complexity index is 565. The number of hydrogen-bond donors (Lipinski definition) is 1. The van der Waals surface area contributed by atoms with E-state index < -0.39 is 0 Å². The van der Waals surface area contributed by atoms with E-state index >= 15 is 0 Å². The molecule has 0 aliphatic carbocycles. The molecule has 21 heavy (non-hydrogen) atoms. The van der Waals surface area contributed by atoms with Gasteiger partial charge in [0.25, 0.3) is 0 Å². The lowest BCUT2D eigenvalue weighted by atomic mass is 9.93. The molecule has 0 saturated carbocycles. The number of rotatable bonds is 4. The van der Waals surface area contributed by atoms with E-state index in [2.05, 4.69) is 9.88 Å². The molecule has 3 rings (SSSR count). The second kappa shape index (κ2) is 6.41. The molecule has 0 radical (unpaired) electrons. The van der Waals surface area contributed by atoms with E-state index in [-0.39, 0.29) is 6.10 Å². The molecule has 0 spiro atoms. The lowest BCUT2D eigenvalue weighted by Gasteiger charge is -2.33. The molecule has 1 fully saturated rings. The second-order valence-corrected chi connectivity index (χ2v) is 5.89. The number of hydrogen-bond acceptors (Lipinski definition) is 4. The average Bonchev–Trinajstić information content (AvgIpc) is 2.97. The average molecular weight is 286 g/mol. The van der Waals surface area contributed by atoms with Crippen molar-refractivity contribution in [3.8, 4) is 11.5 Å². The van der Waals surface area contributed by atoms with Crippen LogP contribution in [0.3, 0.4) is 0 Å². The number of aromatic nitrogens is 1. The molecule has 4 heteroatoms. The third kappa shape index (κ3) is 3.52. The van der Waals surface area contributed by atoms with Gasteiger partial charge in [0.2, 0.25) is 5.89 Å². The zero-order valence-electron chi connectivity index (χ0n) is 12.4. The molecule has 2 atom stereocenters. The van der Waals surface area contributed by atoms with E-state index in [0.717, 1.165) is 43.7 Å². The van der Waals surface area contributed by atoms with Crippen molar-refractivity contribution in [2.45, 2.75) is 32.4 Å². The van der Waals surface area contributed by atoms with Crippen molar-refractivity contribution < 1.29 is 9.52 Å². The van der Waals surface area contributed by atoms with Gasteiger partial charge >= 0.3 is 0 Å².